The number of rotatable bonds is 7. The van der Waals surface area contributed by atoms with E-state index in [4.69, 9.17) is 0 Å². The summed E-state index contributed by atoms with van der Waals surface area (Å²) < 4.78 is 24.0. The smallest absolute Gasteiger partial charge is 0.208 e. The number of ketones is 1. The van der Waals surface area contributed by atoms with Gasteiger partial charge in [0, 0.05) is 19.0 Å². The van der Waals surface area contributed by atoms with E-state index in [9.17, 15) is 13.2 Å². The molecule has 0 bridgehead atoms. The normalized spacial score (nSPS) is 13.5. The van der Waals surface area contributed by atoms with E-state index < -0.39 is 15.9 Å². The van der Waals surface area contributed by atoms with Crippen LogP contribution in [0.25, 0.3) is 0 Å². The van der Waals surface area contributed by atoms with Crippen LogP contribution in [0.2, 0.25) is 0 Å². The quantitative estimate of drug-likeness (QED) is 0.583. The molecule has 0 amide bonds. The van der Waals surface area contributed by atoms with Crippen molar-refractivity contribution in [2.75, 3.05) is 26.4 Å². The highest BCUT2D eigenvalue weighted by molar-refractivity contribution is 7.88. The first-order valence-corrected chi connectivity index (χ1v) is 6.46. The molecule has 0 saturated heterocycles. The lowest BCUT2D eigenvalue weighted by Crippen LogP contribution is -2.37. The molecule has 0 aromatic carbocycles. The number of Topliss-reactive ketones (excluding diaryl/α,β-unsaturated/α-hetero) is 1. The Labute approximate surface area is 91.0 Å². The van der Waals surface area contributed by atoms with E-state index in [0.29, 0.717) is 12.1 Å². The standard InChI is InChI=1S/C9H18N2O3S/c1-7(2)9(12)8(5-10-3)6-11-15(4,13)14/h8,10-11H,1,5-6H2,2-4H3. The lowest BCUT2D eigenvalue weighted by molar-refractivity contribution is -0.118. The van der Waals surface area contributed by atoms with Crippen molar-refractivity contribution in [1.82, 2.24) is 10.0 Å². The molecule has 0 aromatic rings. The topological polar surface area (TPSA) is 75.3 Å². The summed E-state index contributed by atoms with van der Waals surface area (Å²) in [5.41, 5.74) is 0.436. The second kappa shape index (κ2) is 5.99. The molecule has 5 nitrogen and oxygen atoms in total. The van der Waals surface area contributed by atoms with Gasteiger partial charge in [0.05, 0.1) is 6.26 Å². The first-order chi connectivity index (χ1) is 6.78. The summed E-state index contributed by atoms with van der Waals surface area (Å²) in [6, 6.07) is 0. The number of nitrogens with one attached hydrogen (secondary N) is 2. The van der Waals surface area contributed by atoms with Crippen LogP contribution >= 0.6 is 0 Å². The van der Waals surface area contributed by atoms with E-state index in [1.54, 1.807) is 14.0 Å². The molecule has 0 fully saturated rings. The van der Waals surface area contributed by atoms with Crippen molar-refractivity contribution in [2.24, 2.45) is 5.92 Å². The molecular formula is C9H18N2O3S. The fraction of sp³-hybridized carbons (Fsp3) is 0.667. The van der Waals surface area contributed by atoms with E-state index in [1.807, 2.05) is 0 Å². The molecule has 0 spiro atoms. The van der Waals surface area contributed by atoms with Gasteiger partial charge in [0.15, 0.2) is 5.78 Å². The van der Waals surface area contributed by atoms with Crippen LogP contribution in [0.15, 0.2) is 12.2 Å². The SMILES string of the molecule is C=C(C)C(=O)C(CNC)CNS(C)(=O)=O. The molecule has 2 N–H and O–H groups in total. The Morgan fingerprint density at radius 2 is 1.93 bits per heavy atom. The average Bonchev–Trinajstić information content (AvgIpc) is 2.09. The predicted molar refractivity (Wildman–Crippen MR) is 60.1 cm³/mol. The molecule has 1 atom stereocenters. The van der Waals surface area contributed by atoms with Crippen LogP contribution in [0.4, 0.5) is 0 Å². The zero-order valence-electron chi connectivity index (χ0n) is 9.33. The maximum atomic E-state index is 11.6. The summed E-state index contributed by atoms with van der Waals surface area (Å²) >= 11 is 0. The second-order valence-corrected chi connectivity index (χ2v) is 5.35. The molecule has 6 heteroatoms. The number of allylic oxidation sites excluding steroid dienone is 1. The number of carbonyl (C=O) groups is 1. The Bertz CT molecular complexity index is 335. The zero-order chi connectivity index (χ0) is 12.1. The van der Waals surface area contributed by atoms with Gasteiger partial charge in [0.25, 0.3) is 0 Å². The van der Waals surface area contributed by atoms with Gasteiger partial charge in [-0.3, -0.25) is 4.79 Å². The van der Waals surface area contributed by atoms with Crippen LogP contribution in [-0.2, 0) is 14.8 Å². The van der Waals surface area contributed by atoms with Crippen LogP contribution in [-0.4, -0.2) is 40.6 Å². The van der Waals surface area contributed by atoms with E-state index in [-0.39, 0.29) is 12.3 Å². The number of sulfonamides is 1. The molecule has 88 valence electrons. The second-order valence-electron chi connectivity index (χ2n) is 3.52. The minimum absolute atomic E-state index is 0.103. The van der Waals surface area contributed by atoms with Gasteiger partial charge >= 0.3 is 0 Å². The Balaban J connectivity index is 4.41. The van der Waals surface area contributed by atoms with Crippen molar-refractivity contribution in [3.8, 4) is 0 Å². The Hall–Kier alpha value is -0.720. The predicted octanol–water partition coefficient (Wildman–Crippen LogP) is -0.484. The van der Waals surface area contributed by atoms with Crippen LogP contribution in [0.3, 0.4) is 0 Å². The fourth-order valence-electron chi connectivity index (χ4n) is 1.10. The monoisotopic (exact) mass is 234 g/mol. The Morgan fingerprint density at radius 3 is 2.27 bits per heavy atom. The molecule has 0 aliphatic carbocycles. The zero-order valence-corrected chi connectivity index (χ0v) is 10.1. The van der Waals surface area contributed by atoms with Crippen molar-refractivity contribution < 1.29 is 13.2 Å². The van der Waals surface area contributed by atoms with Gasteiger partial charge in [-0.2, -0.15) is 0 Å². The number of carbonyl (C=O) groups excluding carboxylic acids is 1. The summed E-state index contributed by atoms with van der Waals surface area (Å²) in [4.78, 5) is 11.6. The highest BCUT2D eigenvalue weighted by Crippen LogP contribution is 2.03. The summed E-state index contributed by atoms with van der Waals surface area (Å²) in [5, 5.41) is 2.84. The molecule has 0 aliphatic rings. The van der Waals surface area contributed by atoms with Gasteiger partial charge in [-0.15, -0.1) is 0 Å². The molecule has 0 aromatic heterocycles. The molecule has 0 saturated carbocycles. The van der Waals surface area contributed by atoms with E-state index in [2.05, 4.69) is 16.6 Å². The van der Waals surface area contributed by atoms with Crippen molar-refractivity contribution in [3.05, 3.63) is 12.2 Å². The van der Waals surface area contributed by atoms with Crippen LogP contribution < -0.4 is 10.0 Å². The lowest BCUT2D eigenvalue weighted by atomic mass is 10.00. The highest BCUT2D eigenvalue weighted by atomic mass is 32.2. The molecule has 0 heterocycles. The van der Waals surface area contributed by atoms with Gasteiger partial charge in [-0.1, -0.05) is 6.58 Å². The van der Waals surface area contributed by atoms with Gasteiger partial charge in [-0.05, 0) is 19.5 Å². The minimum atomic E-state index is -3.26. The van der Waals surface area contributed by atoms with E-state index in [0.717, 1.165) is 6.26 Å². The third kappa shape index (κ3) is 6.38. The molecule has 0 rings (SSSR count). The molecular weight excluding hydrogens is 216 g/mol. The number of hydrogen-bond acceptors (Lipinski definition) is 4. The highest BCUT2D eigenvalue weighted by Gasteiger charge is 2.19. The molecule has 0 radical (unpaired) electrons. The molecule has 15 heavy (non-hydrogen) atoms. The average molecular weight is 234 g/mol. The minimum Gasteiger partial charge on any atom is -0.319 e. The largest absolute Gasteiger partial charge is 0.319 e. The summed E-state index contributed by atoms with van der Waals surface area (Å²) in [6.45, 7) is 5.69. The summed E-state index contributed by atoms with van der Waals surface area (Å²) in [6.07, 6.45) is 1.06. The van der Waals surface area contributed by atoms with Crippen molar-refractivity contribution in [1.29, 1.82) is 0 Å². The Morgan fingerprint density at radius 1 is 1.40 bits per heavy atom. The van der Waals surface area contributed by atoms with Crippen LogP contribution in [0.5, 0.6) is 0 Å². The lowest BCUT2D eigenvalue weighted by Gasteiger charge is -2.15. The Kier molecular flexibility index (Phi) is 5.71. The summed E-state index contributed by atoms with van der Waals surface area (Å²) in [7, 11) is -1.55. The van der Waals surface area contributed by atoms with Gasteiger partial charge < -0.3 is 5.32 Å². The molecule has 1 unspecified atom stereocenters. The van der Waals surface area contributed by atoms with Crippen molar-refractivity contribution in [3.63, 3.8) is 0 Å². The van der Waals surface area contributed by atoms with Gasteiger partial charge in [0.1, 0.15) is 0 Å². The first-order valence-electron chi connectivity index (χ1n) is 4.57. The van der Waals surface area contributed by atoms with Gasteiger partial charge in [0.2, 0.25) is 10.0 Å². The third-order valence-electron chi connectivity index (χ3n) is 1.83. The first kappa shape index (κ1) is 14.3. The van der Waals surface area contributed by atoms with E-state index in [1.165, 1.54) is 0 Å². The van der Waals surface area contributed by atoms with Gasteiger partial charge in [-0.25, -0.2) is 13.1 Å². The van der Waals surface area contributed by atoms with Crippen molar-refractivity contribution in [2.45, 2.75) is 6.92 Å². The van der Waals surface area contributed by atoms with Crippen molar-refractivity contribution >= 4 is 15.8 Å². The number of hydrogen-bond donors (Lipinski definition) is 2. The fourth-order valence-corrected chi connectivity index (χ4v) is 1.61. The van der Waals surface area contributed by atoms with Crippen LogP contribution in [0, 0.1) is 5.92 Å². The van der Waals surface area contributed by atoms with E-state index >= 15 is 0 Å². The van der Waals surface area contributed by atoms with Crippen LogP contribution in [0.1, 0.15) is 6.92 Å². The summed E-state index contributed by atoms with van der Waals surface area (Å²) in [5.74, 6) is -0.525. The molecule has 0 aliphatic heterocycles. The maximum Gasteiger partial charge on any atom is 0.208 e. The third-order valence-corrected chi connectivity index (χ3v) is 2.52. The maximum absolute atomic E-state index is 11.6.